The molecule has 1 N–H and O–H groups in total. The first-order chi connectivity index (χ1) is 13.6. The van der Waals surface area contributed by atoms with E-state index in [1.54, 1.807) is 48.6 Å². The number of methoxy groups -OCH3 is 1. The van der Waals surface area contributed by atoms with Gasteiger partial charge in [-0.3, -0.25) is 9.59 Å². The molecule has 2 amide bonds. The fraction of sp³-hybridized carbons (Fsp3) is 0.333. The normalized spacial score (nSPS) is 30.0. The van der Waals surface area contributed by atoms with E-state index in [1.165, 1.54) is 0 Å². The van der Waals surface area contributed by atoms with Gasteiger partial charge < -0.3 is 24.1 Å². The molecule has 1 aromatic carbocycles. The maximum Gasteiger partial charge on any atom is 0.231 e. The summed E-state index contributed by atoms with van der Waals surface area (Å²) in [6, 6.07) is 10.8. The van der Waals surface area contributed by atoms with E-state index in [1.807, 2.05) is 18.2 Å². The number of furan rings is 1. The van der Waals surface area contributed by atoms with Gasteiger partial charge in [0.05, 0.1) is 44.4 Å². The first-order valence-corrected chi connectivity index (χ1v) is 9.23. The Hall–Kier alpha value is -3.06. The lowest BCUT2D eigenvalue weighted by Crippen LogP contribution is -2.41. The molecule has 1 spiro atoms. The maximum atomic E-state index is 13.1. The molecule has 0 aliphatic carbocycles. The molecule has 0 unspecified atom stereocenters. The van der Waals surface area contributed by atoms with Crippen LogP contribution >= 0.6 is 0 Å². The number of fused-ring (bicyclic) bond motifs is 1. The molecule has 4 heterocycles. The molecule has 3 aliphatic rings. The van der Waals surface area contributed by atoms with Gasteiger partial charge in [-0.15, -0.1) is 0 Å². The SMILES string of the molecule is COc1cccc(NC(=O)[C@H]2[C@H]3C(=O)N(Cc4ccco4)C[C@@]34C=C[C@H]2O4)c1. The van der Waals surface area contributed by atoms with Crippen molar-refractivity contribution in [3.63, 3.8) is 0 Å². The quantitative estimate of drug-likeness (QED) is 0.805. The van der Waals surface area contributed by atoms with E-state index >= 15 is 0 Å². The largest absolute Gasteiger partial charge is 0.497 e. The predicted molar refractivity (Wildman–Crippen MR) is 99.5 cm³/mol. The van der Waals surface area contributed by atoms with Crippen LogP contribution in [0.25, 0.3) is 0 Å². The number of carbonyl (C=O) groups is 2. The van der Waals surface area contributed by atoms with Crippen LogP contribution in [0.1, 0.15) is 5.76 Å². The molecular formula is C21H20N2O5. The highest BCUT2D eigenvalue weighted by molar-refractivity contribution is 5.99. The van der Waals surface area contributed by atoms with Crippen molar-refractivity contribution < 1.29 is 23.5 Å². The van der Waals surface area contributed by atoms with E-state index in [4.69, 9.17) is 13.9 Å². The lowest BCUT2D eigenvalue weighted by Gasteiger charge is -2.23. The minimum atomic E-state index is -0.731. The van der Waals surface area contributed by atoms with Gasteiger partial charge in [0, 0.05) is 11.8 Å². The molecule has 4 atom stereocenters. The lowest BCUT2D eigenvalue weighted by molar-refractivity contribution is -0.136. The zero-order valence-corrected chi connectivity index (χ0v) is 15.3. The average Bonchev–Trinajstić information content (AvgIpc) is 3.45. The Balaban J connectivity index is 1.38. The van der Waals surface area contributed by atoms with E-state index in [9.17, 15) is 9.59 Å². The minimum Gasteiger partial charge on any atom is -0.497 e. The van der Waals surface area contributed by atoms with Crippen molar-refractivity contribution in [2.75, 3.05) is 19.0 Å². The van der Waals surface area contributed by atoms with Crippen LogP contribution < -0.4 is 10.1 Å². The molecule has 0 radical (unpaired) electrons. The Morgan fingerprint density at radius 1 is 1.36 bits per heavy atom. The van der Waals surface area contributed by atoms with Crippen LogP contribution in [0.2, 0.25) is 0 Å². The second kappa shape index (κ2) is 6.24. The van der Waals surface area contributed by atoms with E-state index in [-0.39, 0.29) is 17.9 Å². The summed E-state index contributed by atoms with van der Waals surface area (Å²) >= 11 is 0. The summed E-state index contributed by atoms with van der Waals surface area (Å²) in [4.78, 5) is 27.9. The summed E-state index contributed by atoms with van der Waals surface area (Å²) in [6.07, 6.45) is 5.04. The van der Waals surface area contributed by atoms with Crippen molar-refractivity contribution in [2.45, 2.75) is 18.2 Å². The van der Waals surface area contributed by atoms with Crippen molar-refractivity contribution in [3.05, 3.63) is 60.6 Å². The van der Waals surface area contributed by atoms with Crippen LogP contribution in [0.15, 0.2) is 59.2 Å². The molecule has 28 heavy (non-hydrogen) atoms. The van der Waals surface area contributed by atoms with E-state index in [0.29, 0.717) is 30.3 Å². The van der Waals surface area contributed by atoms with Crippen molar-refractivity contribution >= 4 is 17.5 Å². The molecule has 2 aromatic rings. The highest BCUT2D eigenvalue weighted by atomic mass is 16.5. The number of carbonyl (C=O) groups excluding carboxylic acids is 2. The van der Waals surface area contributed by atoms with Crippen molar-refractivity contribution in [2.24, 2.45) is 11.8 Å². The summed E-state index contributed by atoms with van der Waals surface area (Å²) < 4.78 is 16.7. The molecule has 7 nitrogen and oxygen atoms in total. The topological polar surface area (TPSA) is 81.0 Å². The fourth-order valence-electron chi connectivity index (χ4n) is 4.53. The van der Waals surface area contributed by atoms with Crippen LogP contribution in [0.3, 0.4) is 0 Å². The third kappa shape index (κ3) is 2.54. The molecule has 7 heteroatoms. The Labute approximate surface area is 161 Å². The molecule has 5 rings (SSSR count). The average molecular weight is 380 g/mol. The molecule has 0 saturated carbocycles. The lowest BCUT2D eigenvalue weighted by atomic mass is 9.77. The number of rotatable bonds is 5. The van der Waals surface area contributed by atoms with Gasteiger partial charge >= 0.3 is 0 Å². The van der Waals surface area contributed by atoms with E-state index in [0.717, 1.165) is 0 Å². The highest BCUT2D eigenvalue weighted by Crippen LogP contribution is 2.52. The van der Waals surface area contributed by atoms with Crippen LogP contribution in [-0.2, 0) is 20.9 Å². The smallest absolute Gasteiger partial charge is 0.231 e. The third-order valence-corrected chi connectivity index (χ3v) is 5.75. The fourth-order valence-corrected chi connectivity index (χ4v) is 4.53. The molecule has 3 aliphatic heterocycles. The number of hydrogen-bond donors (Lipinski definition) is 1. The molecule has 2 bridgehead atoms. The number of anilines is 1. The zero-order chi connectivity index (χ0) is 19.3. The van der Waals surface area contributed by atoms with Gasteiger partial charge in [0.15, 0.2) is 0 Å². The second-order valence-corrected chi connectivity index (χ2v) is 7.39. The highest BCUT2D eigenvalue weighted by Gasteiger charge is 2.66. The number of hydrogen-bond acceptors (Lipinski definition) is 5. The Morgan fingerprint density at radius 3 is 3.04 bits per heavy atom. The van der Waals surface area contributed by atoms with Crippen molar-refractivity contribution in [1.82, 2.24) is 4.90 Å². The standard InChI is InChI=1S/C21H20N2O5/c1-26-14-5-2-4-13(10-14)22-19(24)17-16-7-8-21(28-16)12-23(20(25)18(17)21)11-15-6-3-9-27-15/h2-10,16-18H,11-12H2,1H3,(H,22,24)/t16-,17-,18+,21+/m1/s1. The van der Waals surface area contributed by atoms with Crippen molar-refractivity contribution in [3.8, 4) is 5.75 Å². The molecule has 2 fully saturated rings. The van der Waals surface area contributed by atoms with Crippen LogP contribution in [0.4, 0.5) is 5.69 Å². The molecule has 144 valence electrons. The maximum absolute atomic E-state index is 13.1. The Morgan fingerprint density at radius 2 is 2.25 bits per heavy atom. The zero-order valence-electron chi connectivity index (χ0n) is 15.3. The summed E-state index contributed by atoms with van der Waals surface area (Å²) in [6.45, 7) is 0.795. The van der Waals surface area contributed by atoms with Gasteiger partial charge in [0.25, 0.3) is 0 Å². The predicted octanol–water partition coefficient (Wildman–Crippen LogP) is 2.21. The molecule has 2 saturated heterocycles. The number of nitrogens with zero attached hydrogens (tertiary/aromatic N) is 1. The van der Waals surface area contributed by atoms with Crippen LogP contribution in [-0.4, -0.2) is 42.1 Å². The van der Waals surface area contributed by atoms with E-state index in [2.05, 4.69) is 5.32 Å². The van der Waals surface area contributed by atoms with E-state index < -0.39 is 17.4 Å². The third-order valence-electron chi connectivity index (χ3n) is 5.75. The summed E-state index contributed by atoms with van der Waals surface area (Å²) in [5.74, 6) is -0.0225. The molecular weight excluding hydrogens is 360 g/mol. The Bertz CT molecular complexity index is 953. The van der Waals surface area contributed by atoms with Gasteiger partial charge in [-0.05, 0) is 24.3 Å². The monoisotopic (exact) mass is 380 g/mol. The summed E-state index contributed by atoms with van der Waals surface area (Å²) in [5, 5.41) is 2.91. The van der Waals surface area contributed by atoms with Gasteiger partial charge in [0.1, 0.15) is 17.1 Å². The minimum absolute atomic E-state index is 0.0750. The number of ether oxygens (including phenoxy) is 2. The number of likely N-dealkylation sites (tertiary alicyclic amines) is 1. The first kappa shape index (κ1) is 17.1. The van der Waals surface area contributed by atoms with Crippen molar-refractivity contribution in [1.29, 1.82) is 0 Å². The van der Waals surface area contributed by atoms with Crippen LogP contribution in [0, 0.1) is 11.8 Å². The number of amides is 2. The Kier molecular flexibility index (Phi) is 3.80. The van der Waals surface area contributed by atoms with Crippen LogP contribution in [0.5, 0.6) is 5.75 Å². The number of benzene rings is 1. The van der Waals surface area contributed by atoms with Gasteiger partial charge in [0.2, 0.25) is 11.8 Å². The summed E-state index contributed by atoms with van der Waals surface area (Å²) in [5.41, 5.74) is -0.104. The second-order valence-electron chi connectivity index (χ2n) is 7.39. The van der Waals surface area contributed by atoms with Gasteiger partial charge in [-0.1, -0.05) is 18.2 Å². The van der Waals surface area contributed by atoms with Gasteiger partial charge in [-0.25, -0.2) is 0 Å². The summed E-state index contributed by atoms with van der Waals surface area (Å²) in [7, 11) is 1.57. The van der Waals surface area contributed by atoms with Gasteiger partial charge in [-0.2, -0.15) is 0 Å². The first-order valence-electron chi connectivity index (χ1n) is 9.23. The number of nitrogens with one attached hydrogen (secondary N) is 1. The molecule has 1 aromatic heterocycles.